The van der Waals surface area contributed by atoms with Gasteiger partial charge in [-0.2, -0.15) is 0 Å². The molecule has 3 rings (SSSR count). The quantitative estimate of drug-likeness (QED) is 0.602. The fraction of sp³-hybridized carbons (Fsp3) is 0.217. The van der Waals surface area contributed by atoms with Gasteiger partial charge in [0.25, 0.3) is 0 Å². The molecule has 0 saturated carbocycles. The molecule has 3 aromatic carbocycles. The third-order valence-electron chi connectivity index (χ3n) is 4.28. The van der Waals surface area contributed by atoms with E-state index in [0.29, 0.717) is 32.0 Å². The van der Waals surface area contributed by atoms with E-state index in [1.54, 1.807) is 18.2 Å². The van der Waals surface area contributed by atoms with E-state index < -0.39 is 0 Å². The van der Waals surface area contributed by atoms with Gasteiger partial charge in [0.2, 0.25) is 0 Å². The number of benzene rings is 3. The van der Waals surface area contributed by atoms with Crippen molar-refractivity contribution >= 4 is 0 Å². The number of ether oxygens (including phenoxy) is 2. The molecule has 0 amide bonds. The normalized spacial score (nSPS) is 10.7. The number of hydrogen-bond donors (Lipinski definition) is 2. The lowest BCUT2D eigenvalue weighted by atomic mass is 10.0. The Morgan fingerprint density at radius 3 is 2.11 bits per heavy atom. The molecule has 0 aliphatic carbocycles. The minimum absolute atomic E-state index is 0.247. The molecule has 0 aromatic heterocycles. The average molecular weight is 364 g/mol. The zero-order chi connectivity index (χ0) is 19.1. The maximum atomic E-state index is 10.1. The lowest BCUT2D eigenvalue weighted by Gasteiger charge is -2.10. The van der Waals surface area contributed by atoms with E-state index >= 15 is 0 Å². The molecular formula is C23H24O4. The van der Waals surface area contributed by atoms with E-state index in [1.807, 2.05) is 55.5 Å². The molecule has 0 fully saturated rings. The van der Waals surface area contributed by atoms with Gasteiger partial charge in [-0.15, -0.1) is 0 Å². The highest BCUT2D eigenvalue weighted by Gasteiger charge is 2.05. The zero-order valence-corrected chi connectivity index (χ0v) is 15.4. The van der Waals surface area contributed by atoms with Gasteiger partial charge in [0.05, 0.1) is 6.61 Å². The first kappa shape index (κ1) is 18.8. The highest BCUT2D eigenvalue weighted by atomic mass is 16.5. The Labute approximate surface area is 159 Å². The maximum Gasteiger partial charge on any atom is 0.119 e. The van der Waals surface area contributed by atoms with Crippen LogP contribution in [0.4, 0.5) is 0 Å². The predicted molar refractivity (Wildman–Crippen MR) is 105 cm³/mol. The van der Waals surface area contributed by atoms with Crippen LogP contribution in [0.2, 0.25) is 0 Å². The molecule has 0 aliphatic heterocycles. The highest BCUT2D eigenvalue weighted by molar-refractivity contribution is 5.40. The average Bonchev–Trinajstić information content (AvgIpc) is 2.69. The van der Waals surface area contributed by atoms with E-state index in [1.165, 1.54) is 0 Å². The van der Waals surface area contributed by atoms with Crippen molar-refractivity contribution in [3.8, 4) is 17.2 Å². The Kier molecular flexibility index (Phi) is 6.34. The summed E-state index contributed by atoms with van der Waals surface area (Å²) in [6.07, 6.45) is 0.643. The molecule has 0 aliphatic rings. The van der Waals surface area contributed by atoms with Gasteiger partial charge in [-0.3, -0.25) is 0 Å². The van der Waals surface area contributed by atoms with Crippen LogP contribution in [0.3, 0.4) is 0 Å². The van der Waals surface area contributed by atoms with Crippen LogP contribution in [0.5, 0.6) is 17.2 Å². The molecule has 2 N–H and O–H groups in total. The molecule has 0 saturated heterocycles. The fourth-order valence-corrected chi connectivity index (χ4v) is 2.77. The second kappa shape index (κ2) is 9.10. The number of phenolic OH excluding ortho intramolecular Hbond substituents is 2. The Hall–Kier alpha value is -2.98. The lowest BCUT2D eigenvalue weighted by molar-refractivity contribution is 0.134. The van der Waals surface area contributed by atoms with Gasteiger partial charge in [0.1, 0.15) is 23.9 Å². The first-order valence-electron chi connectivity index (χ1n) is 9.02. The van der Waals surface area contributed by atoms with Gasteiger partial charge in [-0.25, -0.2) is 0 Å². The Balaban J connectivity index is 1.61. The summed E-state index contributed by atoms with van der Waals surface area (Å²) in [4.78, 5) is 0. The number of aromatic hydroxyl groups is 2. The standard InChI is InChI=1S/C23H24O4/c1-2-26-15-19-7-12-23(25)20(14-19)13-17-5-10-22(11-6-17)27-16-18-3-8-21(24)9-4-18/h3-12,14,24-25H,2,13,15-16H2,1H3. The molecule has 0 atom stereocenters. The zero-order valence-electron chi connectivity index (χ0n) is 15.4. The largest absolute Gasteiger partial charge is 0.508 e. The van der Waals surface area contributed by atoms with E-state index in [4.69, 9.17) is 9.47 Å². The van der Waals surface area contributed by atoms with E-state index in [0.717, 1.165) is 28.0 Å². The van der Waals surface area contributed by atoms with E-state index in [9.17, 15) is 10.2 Å². The van der Waals surface area contributed by atoms with Crippen LogP contribution in [0.1, 0.15) is 29.2 Å². The van der Waals surface area contributed by atoms with Gasteiger partial charge in [-0.05, 0) is 65.6 Å². The summed E-state index contributed by atoms with van der Waals surface area (Å²) in [6.45, 7) is 3.63. The third kappa shape index (κ3) is 5.50. The van der Waals surface area contributed by atoms with Crippen molar-refractivity contribution in [2.75, 3.05) is 6.61 Å². The monoisotopic (exact) mass is 364 g/mol. The molecule has 3 aromatic rings. The lowest BCUT2D eigenvalue weighted by Crippen LogP contribution is -1.97. The van der Waals surface area contributed by atoms with Crippen LogP contribution < -0.4 is 4.74 Å². The Morgan fingerprint density at radius 2 is 1.41 bits per heavy atom. The van der Waals surface area contributed by atoms with Gasteiger partial charge in [0.15, 0.2) is 0 Å². The molecule has 140 valence electrons. The fourth-order valence-electron chi connectivity index (χ4n) is 2.77. The first-order valence-corrected chi connectivity index (χ1v) is 9.02. The third-order valence-corrected chi connectivity index (χ3v) is 4.28. The summed E-state index contributed by atoms with van der Waals surface area (Å²) in [5, 5.41) is 19.4. The molecule has 4 nitrogen and oxygen atoms in total. The molecule has 0 unspecified atom stereocenters. The van der Waals surface area contributed by atoms with Gasteiger partial charge in [-0.1, -0.05) is 30.3 Å². The van der Waals surface area contributed by atoms with Crippen LogP contribution in [0, 0.1) is 0 Å². The van der Waals surface area contributed by atoms with Crippen molar-refractivity contribution in [3.05, 3.63) is 89.0 Å². The predicted octanol–water partition coefficient (Wildman–Crippen LogP) is 4.80. The van der Waals surface area contributed by atoms with Crippen molar-refractivity contribution in [2.45, 2.75) is 26.6 Å². The van der Waals surface area contributed by atoms with Crippen LogP contribution >= 0.6 is 0 Å². The Morgan fingerprint density at radius 1 is 0.741 bits per heavy atom. The van der Waals surface area contributed by atoms with Crippen molar-refractivity contribution in [2.24, 2.45) is 0 Å². The minimum Gasteiger partial charge on any atom is -0.508 e. The van der Waals surface area contributed by atoms with Crippen molar-refractivity contribution in [3.63, 3.8) is 0 Å². The summed E-state index contributed by atoms with van der Waals surface area (Å²) in [5.41, 5.74) is 4.02. The topological polar surface area (TPSA) is 58.9 Å². The summed E-state index contributed by atoms with van der Waals surface area (Å²) < 4.78 is 11.2. The SMILES string of the molecule is CCOCc1ccc(O)c(Cc2ccc(OCc3ccc(O)cc3)cc2)c1. The maximum absolute atomic E-state index is 10.1. The minimum atomic E-state index is 0.247. The van der Waals surface area contributed by atoms with Crippen molar-refractivity contribution < 1.29 is 19.7 Å². The smallest absolute Gasteiger partial charge is 0.119 e. The van der Waals surface area contributed by atoms with Gasteiger partial charge in [0, 0.05) is 13.0 Å². The highest BCUT2D eigenvalue weighted by Crippen LogP contribution is 2.24. The summed E-state index contributed by atoms with van der Waals surface area (Å²) in [5.74, 6) is 1.32. The van der Waals surface area contributed by atoms with Crippen LogP contribution in [-0.4, -0.2) is 16.8 Å². The molecule has 27 heavy (non-hydrogen) atoms. The summed E-state index contributed by atoms with van der Waals surface area (Å²) in [6, 6.07) is 20.4. The van der Waals surface area contributed by atoms with E-state index in [2.05, 4.69) is 0 Å². The van der Waals surface area contributed by atoms with Crippen LogP contribution in [0.15, 0.2) is 66.7 Å². The molecular weight excluding hydrogens is 340 g/mol. The number of phenols is 2. The van der Waals surface area contributed by atoms with Crippen molar-refractivity contribution in [1.82, 2.24) is 0 Å². The van der Waals surface area contributed by atoms with E-state index in [-0.39, 0.29) is 5.75 Å². The van der Waals surface area contributed by atoms with Gasteiger partial charge < -0.3 is 19.7 Å². The number of rotatable bonds is 8. The molecule has 0 radical (unpaired) electrons. The van der Waals surface area contributed by atoms with Gasteiger partial charge >= 0.3 is 0 Å². The molecule has 4 heteroatoms. The second-order valence-corrected chi connectivity index (χ2v) is 6.38. The molecule has 0 bridgehead atoms. The number of hydrogen-bond acceptors (Lipinski definition) is 4. The molecule has 0 heterocycles. The molecule has 0 spiro atoms. The van der Waals surface area contributed by atoms with Crippen LogP contribution in [0.25, 0.3) is 0 Å². The second-order valence-electron chi connectivity index (χ2n) is 6.38. The summed E-state index contributed by atoms with van der Waals surface area (Å²) in [7, 11) is 0. The Bertz CT molecular complexity index is 855. The van der Waals surface area contributed by atoms with Crippen LogP contribution in [-0.2, 0) is 24.4 Å². The van der Waals surface area contributed by atoms with Crippen molar-refractivity contribution in [1.29, 1.82) is 0 Å². The first-order chi connectivity index (χ1) is 13.1. The summed E-state index contributed by atoms with van der Waals surface area (Å²) >= 11 is 0.